The Morgan fingerprint density at radius 3 is 1.93 bits per heavy atom. The van der Waals surface area contributed by atoms with Crippen molar-refractivity contribution in [3.63, 3.8) is 0 Å². The average molecular weight is 217 g/mol. The van der Waals surface area contributed by atoms with Gasteiger partial charge in [-0.05, 0) is 43.0 Å². The van der Waals surface area contributed by atoms with Gasteiger partial charge in [0.05, 0.1) is 0 Å². The van der Waals surface area contributed by atoms with Gasteiger partial charge >= 0.3 is 6.18 Å². The molecule has 1 aromatic rings. The number of hydrogen-bond acceptors (Lipinski definition) is 1. The zero-order chi connectivity index (χ0) is 11.8. The number of benzene rings is 1. The van der Waals surface area contributed by atoms with Crippen LogP contribution < -0.4 is 5.73 Å². The van der Waals surface area contributed by atoms with Crippen molar-refractivity contribution in [3.8, 4) is 0 Å². The van der Waals surface area contributed by atoms with Gasteiger partial charge in [-0.25, -0.2) is 0 Å². The zero-order valence-corrected chi connectivity index (χ0v) is 8.94. The summed E-state index contributed by atoms with van der Waals surface area (Å²) in [7, 11) is 0. The first-order valence-electron chi connectivity index (χ1n) is 4.63. The van der Waals surface area contributed by atoms with E-state index in [1.165, 1.54) is 6.07 Å². The maximum atomic E-state index is 12.4. The van der Waals surface area contributed by atoms with Crippen LogP contribution in [0.25, 0.3) is 0 Å². The monoisotopic (exact) mass is 217 g/mol. The summed E-state index contributed by atoms with van der Waals surface area (Å²) in [5.41, 5.74) is 7.72. The summed E-state index contributed by atoms with van der Waals surface area (Å²) in [4.78, 5) is 0. The second kappa shape index (κ2) is 3.85. The van der Waals surface area contributed by atoms with Gasteiger partial charge in [-0.2, -0.15) is 13.2 Å². The molecular weight excluding hydrogens is 203 g/mol. The molecule has 84 valence electrons. The average Bonchev–Trinajstić information content (AvgIpc) is 2.08. The van der Waals surface area contributed by atoms with Gasteiger partial charge in [0.25, 0.3) is 0 Å². The molecule has 0 saturated heterocycles. The molecule has 0 amide bonds. The second-order valence-corrected chi connectivity index (χ2v) is 3.81. The zero-order valence-electron chi connectivity index (χ0n) is 8.94. The molecule has 1 aromatic carbocycles. The Morgan fingerprint density at radius 1 is 1.00 bits per heavy atom. The third-order valence-corrected chi connectivity index (χ3v) is 2.57. The molecule has 1 rings (SSSR count). The van der Waals surface area contributed by atoms with Crippen LogP contribution >= 0.6 is 0 Å². The van der Waals surface area contributed by atoms with Gasteiger partial charge in [-0.15, -0.1) is 0 Å². The molecular formula is C11H14F3N. The van der Waals surface area contributed by atoms with Crippen LogP contribution in [0.15, 0.2) is 12.1 Å². The van der Waals surface area contributed by atoms with E-state index in [9.17, 15) is 13.2 Å². The summed E-state index contributed by atoms with van der Waals surface area (Å²) in [6.45, 7) is 5.29. The van der Waals surface area contributed by atoms with E-state index in [4.69, 9.17) is 5.73 Å². The molecule has 0 saturated carbocycles. The van der Waals surface area contributed by atoms with Crippen LogP contribution in [0.3, 0.4) is 0 Å². The molecule has 4 heteroatoms. The summed E-state index contributed by atoms with van der Waals surface area (Å²) < 4.78 is 37.3. The van der Waals surface area contributed by atoms with Crippen LogP contribution in [0.5, 0.6) is 0 Å². The Kier molecular flexibility index (Phi) is 3.09. The van der Waals surface area contributed by atoms with Crippen LogP contribution in [0.1, 0.15) is 28.3 Å². The standard InChI is InChI=1S/C11H14F3N/c1-6-4-8(3)9(5-7(6)2)10(15)11(12,13)14/h4-5,10H,15H2,1-3H3/t10-/m0/s1. The lowest BCUT2D eigenvalue weighted by Gasteiger charge is -2.19. The van der Waals surface area contributed by atoms with Gasteiger partial charge in [0.1, 0.15) is 6.04 Å². The summed E-state index contributed by atoms with van der Waals surface area (Å²) >= 11 is 0. The Morgan fingerprint density at radius 2 is 1.47 bits per heavy atom. The highest BCUT2D eigenvalue weighted by molar-refractivity contribution is 5.38. The summed E-state index contributed by atoms with van der Waals surface area (Å²) in [6, 6.07) is 1.36. The smallest absolute Gasteiger partial charge is 0.316 e. The van der Waals surface area contributed by atoms with Crippen molar-refractivity contribution in [1.29, 1.82) is 0 Å². The third-order valence-electron chi connectivity index (χ3n) is 2.57. The van der Waals surface area contributed by atoms with Crippen molar-refractivity contribution < 1.29 is 13.2 Å². The van der Waals surface area contributed by atoms with Crippen LogP contribution in [-0.2, 0) is 0 Å². The number of hydrogen-bond donors (Lipinski definition) is 1. The fraction of sp³-hybridized carbons (Fsp3) is 0.455. The molecule has 0 aliphatic rings. The molecule has 2 N–H and O–H groups in total. The third kappa shape index (κ3) is 2.50. The van der Waals surface area contributed by atoms with Gasteiger partial charge in [-0.3, -0.25) is 0 Å². The van der Waals surface area contributed by atoms with E-state index in [0.717, 1.165) is 11.1 Å². The largest absolute Gasteiger partial charge is 0.407 e. The van der Waals surface area contributed by atoms with Crippen molar-refractivity contribution in [2.75, 3.05) is 0 Å². The van der Waals surface area contributed by atoms with Crippen molar-refractivity contribution >= 4 is 0 Å². The van der Waals surface area contributed by atoms with E-state index in [2.05, 4.69) is 0 Å². The van der Waals surface area contributed by atoms with Crippen LogP contribution in [0.4, 0.5) is 13.2 Å². The van der Waals surface area contributed by atoms with Crippen molar-refractivity contribution in [2.45, 2.75) is 33.0 Å². The fourth-order valence-electron chi connectivity index (χ4n) is 1.49. The molecule has 0 spiro atoms. The number of alkyl halides is 3. The highest BCUT2D eigenvalue weighted by Crippen LogP contribution is 2.33. The summed E-state index contributed by atoms with van der Waals surface area (Å²) in [5.74, 6) is 0. The second-order valence-electron chi connectivity index (χ2n) is 3.81. The lowest BCUT2D eigenvalue weighted by molar-refractivity contribution is -0.149. The molecule has 1 atom stereocenters. The van der Waals surface area contributed by atoms with Crippen molar-refractivity contribution in [2.24, 2.45) is 5.73 Å². The predicted molar refractivity (Wildman–Crippen MR) is 53.6 cm³/mol. The Hall–Kier alpha value is -1.03. The van der Waals surface area contributed by atoms with E-state index in [0.29, 0.717) is 5.56 Å². The summed E-state index contributed by atoms with van der Waals surface area (Å²) in [5, 5.41) is 0. The van der Waals surface area contributed by atoms with Gasteiger partial charge in [-0.1, -0.05) is 12.1 Å². The first-order valence-corrected chi connectivity index (χ1v) is 4.63. The van der Waals surface area contributed by atoms with E-state index in [-0.39, 0.29) is 5.56 Å². The molecule has 0 heterocycles. The predicted octanol–water partition coefficient (Wildman–Crippen LogP) is 3.17. The minimum absolute atomic E-state index is 0.158. The number of aryl methyl sites for hydroxylation is 3. The van der Waals surface area contributed by atoms with E-state index in [1.807, 2.05) is 6.92 Å². The molecule has 0 radical (unpaired) electrons. The number of nitrogens with two attached hydrogens (primary N) is 1. The molecule has 15 heavy (non-hydrogen) atoms. The first kappa shape index (κ1) is 12.0. The minimum atomic E-state index is -4.38. The maximum absolute atomic E-state index is 12.4. The van der Waals surface area contributed by atoms with Gasteiger partial charge < -0.3 is 5.73 Å². The van der Waals surface area contributed by atoms with Crippen molar-refractivity contribution in [3.05, 3.63) is 34.4 Å². The number of halogens is 3. The lowest BCUT2D eigenvalue weighted by Crippen LogP contribution is -2.29. The fourth-order valence-corrected chi connectivity index (χ4v) is 1.49. The van der Waals surface area contributed by atoms with E-state index >= 15 is 0 Å². The molecule has 0 bridgehead atoms. The van der Waals surface area contributed by atoms with Gasteiger partial charge in [0.2, 0.25) is 0 Å². The van der Waals surface area contributed by atoms with Crippen LogP contribution in [0, 0.1) is 20.8 Å². The quantitative estimate of drug-likeness (QED) is 0.768. The molecule has 0 aromatic heterocycles. The Bertz CT molecular complexity index is 369. The maximum Gasteiger partial charge on any atom is 0.407 e. The highest BCUT2D eigenvalue weighted by atomic mass is 19.4. The number of rotatable bonds is 1. The Balaban J connectivity index is 3.21. The minimum Gasteiger partial charge on any atom is -0.316 e. The normalized spacial score (nSPS) is 14.1. The Labute approximate surface area is 87.1 Å². The molecule has 1 nitrogen and oxygen atoms in total. The molecule has 0 aliphatic carbocycles. The van der Waals surface area contributed by atoms with Crippen LogP contribution in [-0.4, -0.2) is 6.18 Å². The van der Waals surface area contributed by atoms with Gasteiger partial charge in [0.15, 0.2) is 0 Å². The molecule has 0 fully saturated rings. The topological polar surface area (TPSA) is 26.0 Å². The first-order chi connectivity index (χ1) is 6.73. The highest BCUT2D eigenvalue weighted by Gasteiger charge is 2.38. The summed E-state index contributed by atoms with van der Waals surface area (Å²) in [6.07, 6.45) is -4.38. The SMILES string of the molecule is Cc1cc(C)c([C@H](N)C(F)(F)F)cc1C. The molecule has 0 unspecified atom stereocenters. The van der Waals surface area contributed by atoms with E-state index in [1.54, 1.807) is 19.9 Å². The molecule has 0 aliphatic heterocycles. The van der Waals surface area contributed by atoms with Crippen molar-refractivity contribution in [1.82, 2.24) is 0 Å². The van der Waals surface area contributed by atoms with Gasteiger partial charge in [0, 0.05) is 0 Å². The lowest BCUT2D eigenvalue weighted by atomic mass is 9.96. The van der Waals surface area contributed by atoms with E-state index < -0.39 is 12.2 Å². The van der Waals surface area contributed by atoms with Crippen LogP contribution in [0.2, 0.25) is 0 Å².